The molecule has 0 atom stereocenters. The molecule has 0 heterocycles. The molecule has 0 aliphatic rings. The Morgan fingerprint density at radius 1 is 1.15 bits per heavy atom. The van der Waals surface area contributed by atoms with E-state index in [0.717, 1.165) is 17.7 Å². The van der Waals surface area contributed by atoms with Crippen molar-refractivity contribution in [2.45, 2.75) is 13.3 Å². The van der Waals surface area contributed by atoms with Gasteiger partial charge in [-0.2, -0.15) is 5.26 Å². The van der Waals surface area contributed by atoms with Gasteiger partial charge in [-0.25, -0.2) is 0 Å². The van der Waals surface area contributed by atoms with Crippen LogP contribution in [-0.4, -0.2) is 20.1 Å². The van der Waals surface area contributed by atoms with Crippen LogP contribution in [-0.2, 0) is 11.2 Å². The highest BCUT2D eigenvalue weighted by Gasteiger charge is 2.12. The molecular weight excluding hydrogens is 330 g/mol. The number of nitriles is 1. The van der Waals surface area contributed by atoms with Gasteiger partial charge in [-0.15, -0.1) is 0 Å². The average molecular weight is 351 g/mol. The summed E-state index contributed by atoms with van der Waals surface area (Å²) in [6.07, 6.45) is 2.25. The molecule has 0 radical (unpaired) electrons. The summed E-state index contributed by atoms with van der Waals surface area (Å²) in [4.78, 5) is 12.4. The highest BCUT2D eigenvalue weighted by atomic mass is 16.5. The molecule has 2 aromatic carbocycles. The van der Waals surface area contributed by atoms with Crippen molar-refractivity contribution < 1.29 is 14.3 Å². The van der Waals surface area contributed by atoms with E-state index in [4.69, 9.17) is 9.47 Å². The number of carbonyl (C=O) groups is 1. The number of para-hydroxylation sites is 1. The quantitative estimate of drug-likeness (QED) is 0.587. The smallest absolute Gasteiger partial charge is 0.267 e. The lowest BCUT2D eigenvalue weighted by atomic mass is 10.1. The topological polar surface area (TPSA) is 83.4 Å². The highest BCUT2D eigenvalue weighted by molar-refractivity contribution is 6.06. The summed E-state index contributed by atoms with van der Waals surface area (Å²) in [5, 5.41) is 15.0. The summed E-state index contributed by atoms with van der Waals surface area (Å²) in [5.41, 5.74) is 2.43. The molecule has 1 amide bonds. The molecule has 6 heteroatoms. The number of ether oxygens (including phenoxy) is 2. The van der Waals surface area contributed by atoms with Gasteiger partial charge in [0.2, 0.25) is 0 Å². The zero-order chi connectivity index (χ0) is 18.9. The first-order valence-corrected chi connectivity index (χ1v) is 8.11. The molecule has 0 aliphatic carbocycles. The SMILES string of the molecule is CCc1ccccc1N/C=C(/C#N)C(=O)Nc1ccc(OC)c(OC)c1. The normalized spacial score (nSPS) is 10.6. The summed E-state index contributed by atoms with van der Waals surface area (Å²) < 4.78 is 10.4. The Morgan fingerprint density at radius 3 is 2.54 bits per heavy atom. The van der Waals surface area contributed by atoms with Crippen molar-refractivity contribution >= 4 is 17.3 Å². The number of carbonyl (C=O) groups excluding carboxylic acids is 1. The van der Waals surface area contributed by atoms with Gasteiger partial charge < -0.3 is 20.1 Å². The van der Waals surface area contributed by atoms with Crippen molar-refractivity contribution in [2.75, 3.05) is 24.9 Å². The highest BCUT2D eigenvalue weighted by Crippen LogP contribution is 2.29. The summed E-state index contributed by atoms with van der Waals surface area (Å²) >= 11 is 0. The van der Waals surface area contributed by atoms with Crippen LogP contribution in [0, 0.1) is 11.3 Å². The Hall–Kier alpha value is -3.46. The fourth-order valence-corrected chi connectivity index (χ4v) is 2.38. The van der Waals surface area contributed by atoms with Gasteiger partial charge in [0.25, 0.3) is 5.91 Å². The molecule has 2 aromatic rings. The molecule has 134 valence electrons. The van der Waals surface area contributed by atoms with Crippen LogP contribution < -0.4 is 20.1 Å². The Morgan fingerprint density at radius 2 is 1.88 bits per heavy atom. The van der Waals surface area contributed by atoms with Gasteiger partial charge in [0.1, 0.15) is 11.6 Å². The molecule has 0 unspecified atom stereocenters. The number of nitrogens with one attached hydrogen (secondary N) is 2. The number of amides is 1. The Balaban J connectivity index is 2.15. The lowest BCUT2D eigenvalue weighted by molar-refractivity contribution is -0.112. The third-order valence-corrected chi connectivity index (χ3v) is 3.78. The van der Waals surface area contributed by atoms with E-state index in [2.05, 4.69) is 10.6 Å². The van der Waals surface area contributed by atoms with Crippen molar-refractivity contribution in [3.05, 3.63) is 59.8 Å². The van der Waals surface area contributed by atoms with Crippen molar-refractivity contribution in [1.82, 2.24) is 0 Å². The van der Waals surface area contributed by atoms with Crippen LogP contribution in [0.1, 0.15) is 12.5 Å². The number of rotatable bonds is 7. The Kier molecular flexibility index (Phi) is 6.63. The number of aryl methyl sites for hydroxylation is 1. The van der Waals surface area contributed by atoms with Crippen LogP contribution in [0.25, 0.3) is 0 Å². The summed E-state index contributed by atoms with van der Waals surface area (Å²) in [6, 6.07) is 14.6. The molecular formula is C20H21N3O3. The number of hydrogen-bond acceptors (Lipinski definition) is 5. The minimum Gasteiger partial charge on any atom is -0.493 e. The second-order valence-electron chi connectivity index (χ2n) is 5.35. The van der Waals surface area contributed by atoms with Crippen LogP contribution in [0.15, 0.2) is 54.2 Å². The largest absolute Gasteiger partial charge is 0.493 e. The van der Waals surface area contributed by atoms with Crippen LogP contribution in [0.5, 0.6) is 11.5 Å². The maximum absolute atomic E-state index is 12.4. The fourth-order valence-electron chi connectivity index (χ4n) is 2.38. The number of anilines is 2. The van der Waals surface area contributed by atoms with Crippen molar-refractivity contribution in [3.63, 3.8) is 0 Å². The molecule has 0 saturated heterocycles. The first kappa shape index (κ1) is 18.9. The minimum atomic E-state index is -0.513. The number of benzene rings is 2. The lowest BCUT2D eigenvalue weighted by Crippen LogP contribution is -2.14. The van der Waals surface area contributed by atoms with E-state index >= 15 is 0 Å². The van der Waals surface area contributed by atoms with Crippen molar-refractivity contribution in [2.24, 2.45) is 0 Å². The third kappa shape index (κ3) is 4.54. The van der Waals surface area contributed by atoms with E-state index in [-0.39, 0.29) is 5.57 Å². The minimum absolute atomic E-state index is 0.0364. The predicted octanol–water partition coefficient (Wildman–Crippen LogP) is 3.72. The molecule has 6 nitrogen and oxygen atoms in total. The van der Waals surface area contributed by atoms with Crippen LogP contribution in [0.2, 0.25) is 0 Å². The Bertz CT molecular complexity index is 854. The van der Waals surface area contributed by atoms with Gasteiger partial charge in [0.05, 0.1) is 14.2 Å². The second-order valence-corrected chi connectivity index (χ2v) is 5.35. The number of methoxy groups -OCH3 is 2. The molecule has 2 rings (SSSR count). The van der Waals surface area contributed by atoms with E-state index in [1.165, 1.54) is 20.4 Å². The number of nitrogens with zero attached hydrogens (tertiary/aromatic N) is 1. The van der Waals surface area contributed by atoms with Gasteiger partial charge >= 0.3 is 0 Å². The molecule has 0 spiro atoms. The van der Waals surface area contributed by atoms with E-state index < -0.39 is 5.91 Å². The molecule has 0 aromatic heterocycles. The second kappa shape index (κ2) is 9.14. The molecule has 2 N–H and O–H groups in total. The van der Waals surface area contributed by atoms with Crippen LogP contribution in [0.3, 0.4) is 0 Å². The first-order chi connectivity index (χ1) is 12.6. The van der Waals surface area contributed by atoms with Crippen molar-refractivity contribution in [3.8, 4) is 17.6 Å². The summed E-state index contributed by atoms with van der Waals surface area (Å²) in [7, 11) is 3.05. The fraction of sp³-hybridized carbons (Fsp3) is 0.200. The van der Waals surface area contributed by atoms with Gasteiger partial charge in [-0.1, -0.05) is 25.1 Å². The first-order valence-electron chi connectivity index (χ1n) is 8.11. The predicted molar refractivity (Wildman–Crippen MR) is 101 cm³/mol. The monoisotopic (exact) mass is 351 g/mol. The molecule has 0 fully saturated rings. The van der Waals surface area contributed by atoms with Crippen molar-refractivity contribution in [1.29, 1.82) is 5.26 Å². The van der Waals surface area contributed by atoms with Gasteiger partial charge in [0.15, 0.2) is 11.5 Å². The van der Waals surface area contributed by atoms with E-state index in [1.807, 2.05) is 37.3 Å². The summed E-state index contributed by atoms with van der Waals surface area (Å²) in [5.74, 6) is 0.531. The standard InChI is InChI=1S/C20H21N3O3/c1-4-14-7-5-6-8-17(14)22-13-15(12-21)20(24)23-16-9-10-18(25-2)19(11-16)26-3/h5-11,13,22H,4H2,1-3H3,(H,23,24)/b15-13-. The summed E-state index contributed by atoms with van der Waals surface area (Å²) in [6.45, 7) is 2.04. The lowest BCUT2D eigenvalue weighted by Gasteiger charge is -2.11. The molecule has 26 heavy (non-hydrogen) atoms. The van der Waals surface area contributed by atoms with Gasteiger partial charge in [-0.3, -0.25) is 4.79 Å². The van der Waals surface area contributed by atoms with E-state index in [9.17, 15) is 10.1 Å². The van der Waals surface area contributed by atoms with Gasteiger partial charge in [0, 0.05) is 23.6 Å². The molecule has 0 bridgehead atoms. The van der Waals surface area contributed by atoms with Gasteiger partial charge in [-0.05, 0) is 30.2 Å². The van der Waals surface area contributed by atoms with Crippen LogP contribution >= 0.6 is 0 Å². The maximum Gasteiger partial charge on any atom is 0.267 e. The zero-order valence-electron chi connectivity index (χ0n) is 15.0. The maximum atomic E-state index is 12.4. The average Bonchev–Trinajstić information content (AvgIpc) is 2.68. The third-order valence-electron chi connectivity index (χ3n) is 3.78. The molecule has 0 saturated carbocycles. The van der Waals surface area contributed by atoms with E-state index in [0.29, 0.717) is 17.2 Å². The Labute approximate surface area is 153 Å². The molecule has 0 aliphatic heterocycles. The van der Waals surface area contributed by atoms with E-state index in [1.54, 1.807) is 18.2 Å². The number of hydrogen-bond donors (Lipinski definition) is 2. The zero-order valence-corrected chi connectivity index (χ0v) is 15.0. The van der Waals surface area contributed by atoms with Crippen LogP contribution in [0.4, 0.5) is 11.4 Å².